The molecule has 0 bridgehead atoms. The van der Waals surface area contributed by atoms with Crippen LogP contribution in [-0.4, -0.2) is 18.5 Å². The van der Waals surface area contributed by atoms with Gasteiger partial charge in [-0.05, 0) is 25.3 Å². The van der Waals surface area contributed by atoms with Crippen LogP contribution in [0.2, 0.25) is 0 Å². The van der Waals surface area contributed by atoms with Gasteiger partial charge in [0.2, 0.25) is 5.91 Å². The molecule has 0 aromatic carbocycles. The summed E-state index contributed by atoms with van der Waals surface area (Å²) in [5.41, 5.74) is 5.41. The van der Waals surface area contributed by atoms with Crippen molar-refractivity contribution in [1.82, 2.24) is 5.32 Å². The fraction of sp³-hybridized carbons (Fsp3) is 0.909. The maximum atomic E-state index is 11.6. The highest BCUT2D eigenvalue weighted by Crippen LogP contribution is 2.08. The molecule has 3 nitrogen and oxygen atoms in total. The van der Waals surface area contributed by atoms with Crippen molar-refractivity contribution in [2.24, 2.45) is 17.6 Å². The van der Waals surface area contributed by atoms with Crippen molar-refractivity contribution in [1.29, 1.82) is 0 Å². The van der Waals surface area contributed by atoms with Crippen LogP contribution in [0.5, 0.6) is 0 Å². The lowest BCUT2D eigenvalue weighted by Crippen LogP contribution is -2.41. The molecule has 2 atom stereocenters. The van der Waals surface area contributed by atoms with Gasteiger partial charge in [-0.15, -0.1) is 0 Å². The van der Waals surface area contributed by atoms with E-state index < -0.39 is 0 Å². The largest absolute Gasteiger partial charge is 0.353 e. The normalized spacial score (nSPS) is 15.3. The van der Waals surface area contributed by atoms with Crippen molar-refractivity contribution in [2.45, 2.75) is 46.6 Å². The molecule has 0 saturated heterocycles. The molecule has 0 heterocycles. The van der Waals surface area contributed by atoms with Crippen molar-refractivity contribution < 1.29 is 4.79 Å². The summed E-state index contributed by atoms with van der Waals surface area (Å²) in [6, 6.07) is 0.294. The van der Waals surface area contributed by atoms with Gasteiger partial charge in [-0.1, -0.05) is 27.7 Å². The second kappa shape index (κ2) is 6.82. The van der Waals surface area contributed by atoms with E-state index in [0.717, 1.165) is 12.8 Å². The van der Waals surface area contributed by atoms with Gasteiger partial charge in [0.1, 0.15) is 0 Å². The Labute approximate surface area is 87.4 Å². The Morgan fingerprint density at radius 3 is 2.29 bits per heavy atom. The lowest BCUT2D eigenvalue weighted by molar-refractivity contribution is -0.125. The summed E-state index contributed by atoms with van der Waals surface area (Å²) in [7, 11) is 0. The summed E-state index contributed by atoms with van der Waals surface area (Å²) >= 11 is 0. The van der Waals surface area contributed by atoms with Gasteiger partial charge in [0.05, 0.1) is 0 Å². The SMILES string of the molecule is CCC(NC(=O)C(C)CCN)C(C)C. The van der Waals surface area contributed by atoms with Crippen LogP contribution in [0, 0.1) is 11.8 Å². The third kappa shape index (κ3) is 4.61. The van der Waals surface area contributed by atoms with Crippen molar-refractivity contribution in [2.75, 3.05) is 6.54 Å². The topological polar surface area (TPSA) is 55.1 Å². The van der Waals surface area contributed by atoms with Crippen LogP contribution >= 0.6 is 0 Å². The first-order valence-corrected chi connectivity index (χ1v) is 5.53. The van der Waals surface area contributed by atoms with Gasteiger partial charge < -0.3 is 11.1 Å². The number of carbonyl (C=O) groups is 1. The fourth-order valence-electron chi connectivity index (χ4n) is 1.45. The molecule has 2 unspecified atom stereocenters. The van der Waals surface area contributed by atoms with E-state index in [-0.39, 0.29) is 11.8 Å². The Morgan fingerprint density at radius 1 is 1.36 bits per heavy atom. The molecule has 0 aromatic rings. The third-order valence-electron chi connectivity index (χ3n) is 2.62. The van der Waals surface area contributed by atoms with Crippen LogP contribution in [0.15, 0.2) is 0 Å². The Morgan fingerprint density at radius 2 is 1.93 bits per heavy atom. The molecule has 0 aliphatic rings. The van der Waals surface area contributed by atoms with Crippen LogP contribution in [0.3, 0.4) is 0 Å². The van der Waals surface area contributed by atoms with E-state index in [4.69, 9.17) is 5.73 Å². The fourth-order valence-corrected chi connectivity index (χ4v) is 1.45. The average Bonchev–Trinajstić information content (AvgIpc) is 2.13. The van der Waals surface area contributed by atoms with Gasteiger partial charge in [-0.2, -0.15) is 0 Å². The number of hydrogen-bond donors (Lipinski definition) is 2. The first kappa shape index (κ1) is 13.4. The monoisotopic (exact) mass is 200 g/mol. The minimum Gasteiger partial charge on any atom is -0.353 e. The Bertz CT molecular complexity index is 169. The quantitative estimate of drug-likeness (QED) is 0.683. The zero-order valence-electron chi connectivity index (χ0n) is 9.84. The van der Waals surface area contributed by atoms with Crippen LogP contribution < -0.4 is 11.1 Å². The molecule has 0 aromatic heterocycles. The lowest BCUT2D eigenvalue weighted by atomic mass is 10.00. The number of amides is 1. The van der Waals surface area contributed by atoms with E-state index in [1.54, 1.807) is 0 Å². The lowest BCUT2D eigenvalue weighted by Gasteiger charge is -2.22. The molecule has 0 radical (unpaired) electrons. The Balaban J connectivity index is 4.01. The zero-order valence-corrected chi connectivity index (χ0v) is 9.84. The molecular formula is C11H24N2O. The molecule has 0 rings (SSSR count). The molecular weight excluding hydrogens is 176 g/mol. The number of hydrogen-bond acceptors (Lipinski definition) is 2. The maximum Gasteiger partial charge on any atom is 0.223 e. The van der Waals surface area contributed by atoms with Crippen molar-refractivity contribution in [3.8, 4) is 0 Å². The summed E-state index contributed by atoms with van der Waals surface area (Å²) < 4.78 is 0. The minimum atomic E-state index is 0.0350. The zero-order chi connectivity index (χ0) is 11.1. The molecule has 84 valence electrons. The van der Waals surface area contributed by atoms with Crippen LogP contribution in [0.1, 0.15) is 40.5 Å². The Kier molecular flexibility index (Phi) is 6.54. The molecule has 3 N–H and O–H groups in total. The third-order valence-corrected chi connectivity index (χ3v) is 2.62. The van der Waals surface area contributed by atoms with E-state index >= 15 is 0 Å². The van der Waals surface area contributed by atoms with Crippen LogP contribution in [0.4, 0.5) is 0 Å². The second-order valence-corrected chi connectivity index (χ2v) is 4.25. The molecule has 1 amide bonds. The molecule has 0 aliphatic carbocycles. The molecule has 14 heavy (non-hydrogen) atoms. The van der Waals surface area contributed by atoms with E-state index in [1.165, 1.54) is 0 Å². The summed E-state index contributed by atoms with van der Waals surface area (Å²) in [6.45, 7) is 8.85. The van der Waals surface area contributed by atoms with Crippen LogP contribution in [0.25, 0.3) is 0 Å². The smallest absolute Gasteiger partial charge is 0.223 e. The Hall–Kier alpha value is -0.570. The molecule has 0 aliphatic heterocycles. The standard InChI is InChI=1S/C11H24N2O/c1-5-10(8(2)3)13-11(14)9(4)6-7-12/h8-10H,5-7,12H2,1-4H3,(H,13,14). The molecule has 0 saturated carbocycles. The van der Waals surface area contributed by atoms with E-state index in [2.05, 4.69) is 26.1 Å². The van der Waals surface area contributed by atoms with Gasteiger partial charge >= 0.3 is 0 Å². The second-order valence-electron chi connectivity index (χ2n) is 4.25. The summed E-state index contributed by atoms with van der Waals surface area (Å²) in [5.74, 6) is 0.665. The van der Waals surface area contributed by atoms with Crippen molar-refractivity contribution in [3.63, 3.8) is 0 Å². The highest BCUT2D eigenvalue weighted by Gasteiger charge is 2.17. The van der Waals surface area contributed by atoms with Gasteiger partial charge in [-0.25, -0.2) is 0 Å². The van der Waals surface area contributed by atoms with Gasteiger partial charge in [-0.3, -0.25) is 4.79 Å². The molecule has 0 spiro atoms. The first-order valence-electron chi connectivity index (χ1n) is 5.53. The van der Waals surface area contributed by atoms with E-state index in [1.807, 2.05) is 6.92 Å². The van der Waals surface area contributed by atoms with Gasteiger partial charge in [0.15, 0.2) is 0 Å². The van der Waals surface area contributed by atoms with E-state index in [9.17, 15) is 4.79 Å². The summed E-state index contributed by atoms with van der Waals surface area (Å²) in [6.07, 6.45) is 1.75. The van der Waals surface area contributed by atoms with E-state index in [0.29, 0.717) is 18.5 Å². The number of nitrogens with one attached hydrogen (secondary N) is 1. The van der Waals surface area contributed by atoms with Crippen LogP contribution in [-0.2, 0) is 4.79 Å². The predicted molar refractivity (Wildman–Crippen MR) is 59.9 cm³/mol. The summed E-state index contributed by atoms with van der Waals surface area (Å²) in [4.78, 5) is 11.6. The van der Waals surface area contributed by atoms with Crippen molar-refractivity contribution >= 4 is 5.91 Å². The van der Waals surface area contributed by atoms with Crippen molar-refractivity contribution in [3.05, 3.63) is 0 Å². The molecule has 3 heteroatoms. The molecule has 0 fully saturated rings. The number of carbonyl (C=O) groups excluding carboxylic acids is 1. The maximum absolute atomic E-state index is 11.6. The predicted octanol–water partition coefficient (Wildman–Crippen LogP) is 1.52. The minimum absolute atomic E-state index is 0.0350. The van der Waals surface area contributed by atoms with Gasteiger partial charge in [0, 0.05) is 12.0 Å². The number of nitrogens with two attached hydrogens (primary N) is 1. The average molecular weight is 200 g/mol. The summed E-state index contributed by atoms with van der Waals surface area (Å²) in [5, 5.41) is 3.06. The highest BCUT2D eigenvalue weighted by molar-refractivity contribution is 5.78. The first-order chi connectivity index (χ1) is 6.52. The number of rotatable bonds is 6. The van der Waals surface area contributed by atoms with Gasteiger partial charge in [0.25, 0.3) is 0 Å². The highest BCUT2D eigenvalue weighted by atomic mass is 16.1.